The van der Waals surface area contributed by atoms with Crippen molar-refractivity contribution in [2.75, 3.05) is 46.3 Å². The maximum absolute atomic E-state index is 13.1. The normalized spacial score (nSPS) is 19.8. The van der Waals surface area contributed by atoms with Crippen LogP contribution < -0.4 is 0 Å². The molecule has 0 unspecified atom stereocenters. The van der Waals surface area contributed by atoms with Gasteiger partial charge in [0.1, 0.15) is 5.82 Å². The van der Waals surface area contributed by atoms with Crippen LogP contribution in [0.25, 0.3) is 0 Å². The molecule has 1 aromatic heterocycles. The van der Waals surface area contributed by atoms with Crippen LogP contribution >= 0.6 is 0 Å². The molecule has 2 aliphatic rings. The van der Waals surface area contributed by atoms with E-state index >= 15 is 0 Å². The number of pyridine rings is 1. The van der Waals surface area contributed by atoms with Crippen molar-refractivity contribution >= 4 is 11.8 Å². The van der Waals surface area contributed by atoms with Gasteiger partial charge in [0.15, 0.2) is 0 Å². The van der Waals surface area contributed by atoms with Crippen LogP contribution in [0.4, 0.5) is 4.39 Å². The summed E-state index contributed by atoms with van der Waals surface area (Å²) in [6.45, 7) is 4.69. The van der Waals surface area contributed by atoms with Gasteiger partial charge in [0.05, 0.1) is 5.56 Å². The van der Waals surface area contributed by atoms with Crippen molar-refractivity contribution in [3.63, 3.8) is 0 Å². The number of benzene rings is 1. The van der Waals surface area contributed by atoms with Crippen LogP contribution in [0.5, 0.6) is 0 Å². The van der Waals surface area contributed by atoms with Crippen LogP contribution in [0.3, 0.4) is 0 Å². The molecule has 2 amide bonds. The van der Waals surface area contributed by atoms with Gasteiger partial charge in [-0.15, -0.1) is 0 Å². The molecular formula is C25H31FN4O2. The van der Waals surface area contributed by atoms with E-state index in [1.807, 2.05) is 21.9 Å². The second-order valence-corrected chi connectivity index (χ2v) is 8.87. The second-order valence-electron chi connectivity index (χ2n) is 8.87. The Morgan fingerprint density at radius 3 is 2.44 bits per heavy atom. The summed E-state index contributed by atoms with van der Waals surface area (Å²) in [7, 11) is 2.07. The van der Waals surface area contributed by atoms with Crippen molar-refractivity contribution in [3.8, 4) is 0 Å². The highest BCUT2D eigenvalue weighted by atomic mass is 19.1. The summed E-state index contributed by atoms with van der Waals surface area (Å²) in [5.41, 5.74) is 2.54. The van der Waals surface area contributed by atoms with Crippen LogP contribution in [0.15, 0.2) is 42.6 Å². The fourth-order valence-corrected chi connectivity index (χ4v) is 4.47. The predicted molar refractivity (Wildman–Crippen MR) is 121 cm³/mol. The Morgan fingerprint density at radius 1 is 1.00 bits per heavy atom. The molecule has 0 saturated carbocycles. The Balaban J connectivity index is 1.32. The third kappa shape index (κ3) is 5.51. The number of rotatable bonds is 5. The Morgan fingerprint density at radius 2 is 1.75 bits per heavy atom. The molecule has 0 N–H and O–H groups in total. The number of likely N-dealkylation sites (tertiary alicyclic amines) is 1. The van der Waals surface area contributed by atoms with E-state index in [4.69, 9.17) is 0 Å². The van der Waals surface area contributed by atoms with E-state index in [1.54, 1.807) is 18.3 Å². The first kappa shape index (κ1) is 22.4. The molecule has 6 nitrogen and oxygen atoms in total. The zero-order valence-electron chi connectivity index (χ0n) is 18.7. The van der Waals surface area contributed by atoms with E-state index in [2.05, 4.69) is 16.9 Å². The minimum absolute atomic E-state index is 0.0402. The van der Waals surface area contributed by atoms with E-state index in [0.29, 0.717) is 24.9 Å². The molecule has 1 atom stereocenters. The van der Waals surface area contributed by atoms with Gasteiger partial charge in [-0.1, -0.05) is 12.1 Å². The van der Waals surface area contributed by atoms with Crippen molar-refractivity contribution < 1.29 is 14.0 Å². The Bertz CT molecular complexity index is 924. The first-order valence-electron chi connectivity index (χ1n) is 11.5. The minimum atomic E-state index is -0.261. The van der Waals surface area contributed by atoms with Crippen molar-refractivity contribution in [1.29, 1.82) is 0 Å². The van der Waals surface area contributed by atoms with Gasteiger partial charge in [0.2, 0.25) is 5.91 Å². The number of carbonyl (C=O) groups is 2. The van der Waals surface area contributed by atoms with Gasteiger partial charge in [-0.3, -0.25) is 14.6 Å². The van der Waals surface area contributed by atoms with Crippen LogP contribution in [0.1, 0.15) is 46.8 Å². The highest BCUT2D eigenvalue weighted by Gasteiger charge is 2.26. The summed E-state index contributed by atoms with van der Waals surface area (Å²) < 4.78 is 13.1. The number of piperidine rings is 1. The standard InChI is InChI=1S/C25H31FN4O2/c1-28-13-15-29(16-14-28)25(32)20-7-10-23(27-17-20)21-3-2-12-30(18-21)24(31)11-6-19-4-8-22(26)9-5-19/h4-5,7-10,17,21H,2-3,6,11-16,18H2,1H3/t21-/m1/s1. The molecule has 2 fully saturated rings. The monoisotopic (exact) mass is 438 g/mol. The molecule has 7 heteroatoms. The average molecular weight is 439 g/mol. The number of carbonyl (C=O) groups excluding carboxylic acids is 2. The molecule has 1 aromatic carbocycles. The highest BCUT2D eigenvalue weighted by molar-refractivity contribution is 5.94. The number of hydrogen-bond acceptors (Lipinski definition) is 4. The van der Waals surface area contributed by atoms with Gasteiger partial charge in [-0.05, 0) is 56.1 Å². The van der Waals surface area contributed by atoms with Gasteiger partial charge >= 0.3 is 0 Å². The number of amides is 2. The quantitative estimate of drug-likeness (QED) is 0.720. The molecule has 0 aliphatic carbocycles. The molecule has 2 aliphatic heterocycles. The van der Waals surface area contributed by atoms with Gasteiger partial charge < -0.3 is 14.7 Å². The lowest BCUT2D eigenvalue weighted by atomic mass is 9.93. The molecule has 170 valence electrons. The first-order chi connectivity index (χ1) is 15.5. The topological polar surface area (TPSA) is 56.8 Å². The van der Waals surface area contributed by atoms with Crippen molar-refractivity contribution in [2.24, 2.45) is 0 Å². The number of likely N-dealkylation sites (N-methyl/N-ethyl adjacent to an activating group) is 1. The summed E-state index contributed by atoms with van der Waals surface area (Å²) >= 11 is 0. The van der Waals surface area contributed by atoms with E-state index in [0.717, 1.165) is 56.8 Å². The summed E-state index contributed by atoms with van der Waals surface area (Å²) in [5, 5.41) is 0. The van der Waals surface area contributed by atoms with Crippen LogP contribution in [0, 0.1) is 5.82 Å². The Labute approximate surface area is 189 Å². The van der Waals surface area contributed by atoms with Crippen LogP contribution in [0.2, 0.25) is 0 Å². The Kier molecular flexibility index (Phi) is 7.15. The molecule has 3 heterocycles. The molecule has 32 heavy (non-hydrogen) atoms. The zero-order chi connectivity index (χ0) is 22.5. The SMILES string of the molecule is CN1CCN(C(=O)c2ccc([C@@H]3CCCN(C(=O)CCc4ccc(F)cc4)C3)nc2)CC1. The lowest BCUT2D eigenvalue weighted by molar-refractivity contribution is -0.132. The van der Waals surface area contributed by atoms with Gasteiger partial charge in [-0.2, -0.15) is 0 Å². The molecule has 2 aromatic rings. The predicted octanol–water partition coefficient (Wildman–Crippen LogP) is 2.95. The van der Waals surface area contributed by atoms with E-state index < -0.39 is 0 Å². The van der Waals surface area contributed by atoms with Crippen molar-refractivity contribution in [2.45, 2.75) is 31.6 Å². The summed E-state index contributed by atoms with van der Waals surface area (Å²) in [4.78, 5) is 36.1. The smallest absolute Gasteiger partial charge is 0.255 e. The number of hydrogen-bond donors (Lipinski definition) is 0. The second kappa shape index (κ2) is 10.2. The fraction of sp³-hybridized carbons (Fsp3) is 0.480. The molecule has 0 radical (unpaired) electrons. The highest BCUT2D eigenvalue weighted by Crippen LogP contribution is 2.26. The summed E-state index contributed by atoms with van der Waals surface area (Å²) in [6, 6.07) is 10.1. The first-order valence-corrected chi connectivity index (χ1v) is 11.5. The summed E-state index contributed by atoms with van der Waals surface area (Å²) in [5.74, 6) is 0.0910. The lowest BCUT2D eigenvalue weighted by Gasteiger charge is -2.33. The number of halogens is 1. The lowest BCUT2D eigenvalue weighted by Crippen LogP contribution is -2.47. The van der Waals surface area contributed by atoms with E-state index in [1.165, 1.54) is 12.1 Å². The van der Waals surface area contributed by atoms with E-state index in [9.17, 15) is 14.0 Å². The number of aryl methyl sites for hydroxylation is 1. The third-order valence-corrected chi connectivity index (χ3v) is 6.56. The van der Waals surface area contributed by atoms with Crippen molar-refractivity contribution in [1.82, 2.24) is 19.7 Å². The summed E-state index contributed by atoms with van der Waals surface area (Å²) in [6.07, 6.45) is 4.65. The number of piperazine rings is 1. The van der Waals surface area contributed by atoms with Gasteiger partial charge in [0, 0.05) is 63.5 Å². The maximum atomic E-state index is 13.1. The Hall–Kier alpha value is -2.80. The molecular weight excluding hydrogens is 407 g/mol. The van der Waals surface area contributed by atoms with Crippen LogP contribution in [-0.4, -0.2) is 77.8 Å². The zero-order valence-corrected chi connectivity index (χ0v) is 18.7. The van der Waals surface area contributed by atoms with Crippen molar-refractivity contribution in [3.05, 3.63) is 65.2 Å². The average Bonchev–Trinajstić information content (AvgIpc) is 2.84. The van der Waals surface area contributed by atoms with Crippen LogP contribution in [-0.2, 0) is 11.2 Å². The molecule has 4 rings (SSSR count). The van der Waals surface area contributed by atoms with E-state index in [-0.39, 0.29) is 23.5 Å². The largest absolute Gasteiger partial charge is 0.342 e. The molecule has 0 bridgehead atoms. The number of nitrogens with zero attached hydrogens (tertiary/aromatic N) is 4. The molecule has 0 spiro atoms. The van der Waals surface area contributed by atoms with Gasteiger partial charge in [0.25, 0.3) is 5.91 Å². The number of aromatic nitrogens is 1. The fourth-order valence-electron chi connectivity index (χ4n) is 4.47. The van der Waals surface area contributed by atoms with Gasteiger partial charge in [-0.25, -0.2) is 4.39 Å². The molecule has 2 saturated heterocycles. The minimum Gasteiger partial charge on any atom is -0.342 e. The maximum Gasteiger partial charge on any atom is 0.255 e. The third-order valence-electron chi connectivity index (χ3n) is 6.56.